The van der Waals surface area contributed by atoms with Gasteiger partial charge in [0.1, 0.15) is 5.51 Å². The van der Waals surface area contributed by atoms with Crippen molar-refractivity contribution in [3.8, 4) is 10.7 Å². The van der Waals surface area contributed by atoms with Gasteiger partial charge < -0.3 is 4.57 Å². The van der Waals surface area contributed by atoms with Crippen LogP contribution in [0.4, 0.5) is 5.69 Å². The molecule has 2 rings (SSSR count). The van der Waals surface area contributed by atoms with Gasteiger partial charge in [-0.15, -0.1) is 10.2 Å². The van der Waals surface area contributed by atoms with E-state index in [4.69, 9.17) is 0 Å². The summed E-state index contributed by atoms with van der Waals surface area (Å²) in [5, 5.41) is 18.7. The summed E-state index contributed by atoms with van der Waals surface area (Å²) in [6, 6.07) is 1.49. The minimum atomic E-state index is -0.426. The monoisotopic (exact) mass is 210 g/mol. The number of nitro groups is 1. The van der Waals surface area contributed by atoms with Crippen LogP contribution in [0.3, 0.4) is 0 Å². The summed E-state index contributed by atoms with van der Waals surface area (Å²) in [5.41, 5.74) is 2.37. The van der Waals surface area contributed by atoms with E-state index in [2.05, 4.69) is 10.2 Å². The molecular formula is C7H6N4O2S. The van der Waals surface area contributed by atoms with Gasteiger partial charge in [-0.1, -0.05) is 11.3 Å². The molecule has 0 atom stereocenters. The molecule has 0 saturated heterocycles. The Morgan fingerprint density at radius 2 is 2.43 bits per heavy atom. The molecule has 0 spiro atoms. The second-order valence-corrected chi connectivity index (χ2v) is 3.53. The van der Waals surface area contributed by atoms with E-state index in [-0.39, 0.29) is 5.69 Å². The van der Waals surface area contributed by atoms with E-state index in [1.54, 1.807) is 17.1 Å². The Labute approximate surface area is 83.0 Å². The number of rotatable bonds is 2. The molecular weight excluding hydrogens is 204 g/mol. The Balaban J connectivity index is 2.50. The molecule has 0 radical (unpaired) electrons. The molecule has 0 bridgehead atoms. The molecule has 0 N–H and O–H groups in total. The van der Waals surface area contributed by atoms with Crippen LogP contribution in [0.25, 0.3) is 10.7 Å². The second kappa shape index (κ2) is 3.18. The minimum Gasteiger partial charge on any atom is -0.342 e. The highest BCUT2D eigenvalue weighted by Crippen LogP contribution is 2.25. The van der Waals surface area contributed by atoms with Crippen LogP contribution in [0.2, 0.25) is 0 Å². The van der Waals surface area contributed by atoms with E-state index in [0.29, 0.717) is 10.7 Å². The molecule has 7 heteroatoms. The fraction of sp³-hybridized carbons (Fsp3) is 0.143. The molecule has 0 aliphatic heterocycles. The van der Waals surface area contributed by atoms with Crippen molar-refractivity contribution in [1.29, 1.82) is 0 Å². The summed E-state index contributed by atoms with van der Waals surface area (Å²) in [4.78, 5) is 10.1. The van der Waals surface area contributed by atoms with Crippen molar-refractivity contribution in [1.82, 2.24) is 14.8 Å². The van der Waals surface area contributed by atoms with Crippen molar-refractivity contribution in [2.45, 2.75) is 0 Å². The predicted octanol–water partition coefficient (Wildman–Crippen LogP) is 1.45. The summed E-state index contributed by atoms with van der Waals surface area (Å²) in [6.07, 6.45) is 1.46. The van der Waals surface area contributed by atoms with Crippen LogP contribution in [-0.4, -0.2) is 19.7 Å². The van der Waals surface area contributed by atoms with Crippen LogP contribution in [0.15, 0.2) is 17.8 Å². The summed E-state index contributed by atoms with van der Waals surface area (Å²) >= 11 is 1.35. The van der Waals surface area contributed by atoms with Crippen LogP contribution < -0.4 is 0 Å². The first kappa shape index (κ1) is 8.82. The van der Waals surface area contributed by atoms with E-state index in [1.165, 1.54) is 23.6 Å². The highest BCUT2D eigenvalue weighted by atomic mass is 32.1. The molecule has 2 aromatic rings. The molecule has 14 heavy (non-hydrogen) atoms. The van der Waals surface area contributed by atoms with Crippen molar-refractivity contribution in [2.75, 3.05) is 0 Å². The van der Waals surface area contributed by atoms with Gasteiger partial charge in [-0.25, -0.2) is 0 Å². The number of nitrogens with zero attached hydrogens (tertiary/aromatic N) is 4. The van der Waals surface area contributed by atoms with E-state index in [0.717, 1.165) is 0 Å². The summed E-state index contributed by atoms with van der Waals surface area (Å²) in [7, 11) is 1.74. The van der Waals surface area contributed by atoms with Crippen LogP contribution in [-0.2, 0) is 7.05 Å². The summed E-state index contributed by atoms with van der Waals surface area (Å²) in [6.45, 7) is 0. The largest absolute Gasteiger partial charge is 0.342 e. The number of hydrogen-bond acceptors (Lipinski definition) is 5. The Morgan fingerprint density at radius 1 is 1.64 bits per heavy atom. The zero-order chi connectivity index (χ0) is 10.1. The van der Waals surface area contributed by atoms with Crippen LogP contribution in [0.1, 0.15) is 0 Å². The molecule has 0 fully saturated rings. The molecule has 6 nitrogen and oxygen atoms in total. The van der Waals surface area contributed by atoms with E-state index in [1.807, 2.05) is 0 Å². The smallest absolute Gasteiger partial charge is 0.287 e. The molecule has 0 aromatic carbocycles. The lowest BCUT2D eigenvalue weighted by atomic mass is 10.4. The molecule has 0 saturated carbocycles. The van der Waals surface area contributed by atoms with Gasteiger partial charge in [-0.2, -0.15) is 0 Å². The van der Waals surface area contributed by atoms with Gasteiger partial charge in [0.15, 0.2) is 5.01 Å². The fourth-order valence-electron chi connectivity index (χ4n) is 1.14. The minimum absolute atomic E-state index is 0.0673. The first-order valence-corrected chi connectivity index (χ1v) is 4.64. The first-order valence-electron chi connectivity index (χ1n) is 3.76. The standard InChI is InChI=1S/C7H6N4O2S/c1-10-3-5(11(12)13)2-6(10)7-9-8-4-14-7/h2-4H,1H3. The topological polar surface area (TPSA) is 73.8 Å². The van der Waals surface area contributed by atoms with Crippen LogP contribution >= 0.6 is 11.3 Å². The van der Waals surface area contributed by atoms with Gasteiger partial charge in [0.25, 0.3) is 5.69 Å². The highest BCUT2D eigenvalue weighted by Gasteiger charge is 2.14. The Bertz CT molecular complexity index is 462. The van der Waals surface area contributed by atoms with E-state index in [9.17, 15) is 10.1 Å². The van der Waals surface area contributed by atoms with Gasteiger partial charge >= 0.3 is 0 Å². The number of hydrogen-bond donors (Lipinski definition) is 0. The molecule has 72 valence electrons. The highest BCUT2D eigenvalue weighted by molar-refractivity contribution is 7.12. The van der Waals surface area contributed by atoms with Gasteiger partial charge in [0.05, 0.1) is 16.8 Å². The maximum atomic E-state index is 10.5. The number of aryl methyl sites for hydroxylation is 1. The molecule has 0 unspecified atom stereocenters. The van der Waals surface area contributed by atoms with Gasteiger partial charge in [-0.3, -0.25) is 10.1 Å². The average Bonchev–Trinajstić information content (AvgIpc) is 2.71. The van der Waals surface area contributed by atoms with Crippen molar-refractivity contribution in [2.24, 2.45) is 7.05 Å². The molecule has 2 heterocycles. The fourth-order valence-corrected chi connectivity index (χ4v) is 1.76. The molecule has 0 aliphatic rings. The maximum absolute atomic E-state index is 10.5. The SMILES string of the molecule is Cn1cc([N+](=O)[O-])cc1-c1nncs1. The van der Waals surface area contributed by atoms with Crippen molar-refractivity contribution in [3.05, 3.63) is 27.9 Å². The third-order valence-electron chi connectivity index (χ3n) is 1.78. The normalized spacial score (nSPS) is 10.4. The zero-order valence-electron chi connectivity index (χ0n) is 7.25. The van der Waals surface area contributed by atoms with Crippen molar-refractivity contribution < 1.29 is 4.92 Å². The second-order valence-electron chi connectivity index (χ2n) is 2.70. The molecule has 0 amide bonds. The summed E-state index contributed by atoms with van der Waals surface area (Å²) in [5.74, 6) is 0. The molecule has 0 aliphatic carbocycles. The third-order valence-corrected chi connectivity index (χ3v) is 2.49. The quantitative estimate of drug-likeness (QED) is 0.555. The van der Waals surface area contributed by atoms with E-state index >= 15 is 0 Å². The lowest BCUT2D eigenvalue weighted by Crippen LogP contribution is -1.88. The van der Waals surface area contributed by atoms with Gasteiger partial charge in [-0.05, 0) is 0 Å². The lowest BCUT2D eigenvalue weighted by Gasteiger charge is -1.94. The first-order chi connectivity index (χ1) is 6.68. The third kappa shape index (κ3) is 1.37. The Morgan fingerprint density at radius 3 is 2.93 bits per heavy atom. The zero-order valence-corrected chi connectivity index (χ0v) is 8.06. The summed E-state index contributed by atoms with van der Waals surface area (Å²) < 4.78 is 1.67. The van der Waals surface area contributed by atoms with Gasteiger partial charge in [0.2, 0.25) is 0 Å². The van der Waals surface area contributed by atoms with Crippen molar-refractivity contribution in [3.63, 3.8) is 0 Å². The van der Waals surface area contributed by atoms with Crippen LogP contribution in [0.5, 0.6) is 0 Å². The Hall–Kier alpha value is -1.76. The number of aromatic nitrogens is 3. The lowest BCUT2D eigenvalue weighted by molar-refractivity contribution is -0.384. The molecule has 2 aromatic heterocycles. The van der Waals surface area contributed by atoms with Gasteiger partial charge in [0, 0.05) is 13.1 Å². The predicted molar refractivity (Wildman–Crippen MR) is 51.0 cm³/mol. The van der Waals surface area contributed by atoms with E-state index < -0.39 is 4.92 Å². The van der Waals surface area contributed by atoms with Crippen molar-refractivity contribution >= 4 is 17.0 Å². The Kier molecular flexibility index (Phi) is 2.01. The maximum Gasteiger partial charge on any atom is 0.287 e. The van der Waals surface area contributed by atoms with Crippen LogP contribution in [0, 0.1) is 10.1 Å². The average molecular weight is 210 g/mol.